The second-order valence-electron chi connectivity index (χ2n) is 5.40. The lowest BCUT2D eigenvalue weighted by molar-refractivity contribution is -0.137. The largest absolute Gasteiger partial charge is 0.418 e. The molecule has 0 atom stereocenters. The average Bonchev–Trinajstić information content (AvgIpc) is 3.16. The van der Waals surface area contributed by atoms with Gasteiger partial charge in [0, 0.05) is 12.4 Å². The number of carbonyl (C=O) groups excluding carboxylic acids is 2. The lowest BCUT2D eigenvalue weighted by Crippen LogP contribution is -2.23. The smallest absolute Gasteiger partial charge is 0.344 e. The molecule has 8 nitrogen and oxygen atoms in total. The first-order valence-corrected chi connectivity index (χ1v) is 8.96. The molecule has 0 aliphatic carbocycles. The monoisotopic (exact) mass is 442 g/mol. The Kier molecular flexibility index (Phi) is 6.03. The van der Waals surface area contributed by atoms with Gasteiger partial charge in [0.25, 0.3) is 11.8 Å². The van der Waals surface area contributed by atoms with Gasteiger partial charge in [-0.1, -0.05) is 11.6 Å². The molecule has 13 heteroatoms. The summed E-state index contributed by atoms with van der Waals surface area (Å²) in [5.74, 6) is -1.45. The Hall–Kier alpha value is -3.12. The number of nitrogens with zero attached hydrogens (tertiary/aromatic N) is 4. The van der Waals surface area contributed by atoms with E-state index in [2.05, 4.69) is 30.6 Å². The number of hydrogen-bond acceptors (Lipinski definition) is 7. The third-order valence-electron chi connectivity index (χ3n) is 3.39. The van der Waals surface area contributed by atoms with Crippen molar-refractivity contribution in [2.24, 2.45) is 0 Å². The first kappa shape index (κ1) is 20.6. The van der Waals surface area contributed by atoms with Gasteiger partial charge in [0.05, 0.1) is 23.3 Å². The fourth-order valence-corrected chi connectivity index (χ4v) is 3.03. The number of aromatic nitrogens is 4. The third-order valence-corrected chi connectivity index (χ3v) is 4.69. The zero-order chi connectivity index (χ0) is 21.0. The Morgan fingerprint density at radius 1 is 1.14 bits per heavy atom. The van der Waals surface area contributed by atoms with E-state index >= 15 is 0 Å². The van der Waals surface area contributed by atoms with E-state index < -0.39 is 28.6 Å². The summed E-state index contributed by atoms with van der Waals surface area (Å²) in [5.41, 5.74) is -0.939. The van der Waals surface area contributed by atoms with Crippen molar-refractivity contribution >= 4 is 40.6 Å². The van der Waals surface area contributed by atoms with Crippen LogP contribution in [-0.2, 0) is 12.7 Å². The van der Waals surface area contributed by atoms with Crippen molar-refractivity contribution in [2.45, 2.75) is 12.7 Å². The van der Waals surface area contributed by atoms with E-state index in [4.69, 9.17) is 11.6 Å². The van der Waals surface area contributed by atoms with E-state index in [1.54, 1.807) is 0 Å². The van der Waals surface area contributed by atoms with Gasteiger partial charge < -0.3 is 10.6 Å². The van der Waals surface area contributed by atoms with Crippen LogP contribution in [0, 0.1) is 0 Å². The number of halogens is 4. The molecule has 0 unspecified atom stereocenters. The van der Waals surface area contributed by atoms with Gasteiger partial charge in [0.1, 0.15) is 27.7 Å². The molecule has 0 saturated heterocycles. The van der Waals surface area contributed by atoms with Crippen LogP contribution >= 0.6 is 22.9 Å². The van der Waals surface area contributed by atoms with E-state index in [9.17, 15) is 22.8 Å². The quantitative estimate of drug-likeness (QED) is 0.628. The second kappa shape index (κ2) is 8.49. The maximum absolute atomic E-state index is 12.9. The highest BCUT2D eigenvalue weighted by atomic mass is 35.5. The molecule has 3 aromatic rings. The van der Waals surface area contributed by atoms with Crippen molar-refractivity contribution in [2.75, 3.05) is 5.32 Å². The summed E-state index contributed by atoms with van der Waals surface area (Å²) in [7, 11) is 0. The van der Waals surface area contributed by atoms with Crippen molar-refractivity contribution in [1.82, 2.24) is 25.3 Å². The minimum absolute atomic E-state index is 0.0399. The molecule has 0 fully saturated rings. The SMILES string of the molecule is O=C(NCc1ncc(C(=O)Nc2cc(C(F)(F)F)c(Cl)cn2)s1)c1ccncn1. The number of hydrogen-bond donors (Lipinski definition) is 2. The highest BCUT2D eigenvalue weighted by molar-refractivity contribution is 7.13. The summed E-state index contributed by atoms with van der Waals surface area (Å²) in [6.45, 7) is 0.0399. The molecule has 0 aliphatic rings. The normalized spacial score (nSPS) is 11.2. The van der Waals surface area contributed by atoms with Crippen LogP contribution in [0.5, 0.6) is 0 Å². The molecule has 2 N–H and O–H groups in total. The Bertz CT molecular complexity index is 1040. The summed E-state index contributed by atoms with van der Waals surface area (Å²) in [5, 5.41) is 4.68. The molecule has 3 heterocycles. The number of anilines is 1. The molecule has 0 aromatic carbocycles. The summed E-state index contributed by atoms with van der Waals surface area (Å²) in [6.07, 6.45) is 0.0189. The number of amides is 2. The summed E-state index contributed by atoms with van der Waals surface area (Å²) < 4.78 is 38.7. The Labute approximate surface area is 170 Å². The molecule has 0 radical (unpaired) electrons. The van der Waals surface area contributed by atoms with Crippen LogP contribution in [0.3, 0.4) is 0 Å². The number of thiazole rings is 1. The minimum Gasteiger partial charge on any atom is -0.344 e. The molecule has 3 rings (SSSR count). The molecule has 0 saturated carbocycles. The zero-order valence-corrected chi connectivity index (χ0v) is 15.8. The number of nitrogens with one attached hydrogen (secondary N) is 2. The van der Waals surface area contributed by atoms with E-state index in [0.29, 0.717) is 11.1 Å². The van der Waals surface area contributed by atoms with Crippen molar-refractivity contribution in [3.05, 3.63) is 63.2 Å². The van der Waals surface area contributed by atoms with Crippen molar-refractivity contribution in [3.63, 3.8) is 0 Å². The van der Waals surface area contributed by atoms with Crippen LogP contribution in [-0.4, -0.2) is 31.8 Å². The predicted molar refractivity (Wildman–Crippen MR) is 97.5 cm³/mol. The molecule has 2 amide bonds. The van der Waals surface area contributed by atoms with Crippen molar-refractivity contribution in [3.8, 4) is 0 Å². The lowest BCUT2D eigenvalue weighted by atomic mass is 10.2. The highest BCUT2D eigenvalue weighted by Gasteiger charge is 2.34. The lowest BCUT2D eigenvalue weighted by Gasteiger charge is -2.10. The molecule has 150 valence electrons. The third kappa shape index (κ3) is 5.23. The van der Waals surface area contributed by atoms with Crippen LogP contribution in [0.1, 0.15) is 30.7 Å². The summed E-state index contributed by atoms with van der Waals surface area (Å²) in [6, 6.07) is 2.08. The van der Waals surface area contributed by atoms with E-state index in [-0.39, 0.29) is 22.9 Å². The van der Waals surface area contributed by atoms with Gasteiger partial charge in [0.15, 0.2) is 0 Å². The Morgan fingerprint density at radius 3 is 2.62 bits per heavy atom. The van der Waals surface area contributed by atoms with Gasteiger partial charge >= 0.3 is 6.18 Å². The molecule has 0 aliphatic heterocycles. The zero-order valence-electron chi connectivity index (χ0n) is 14.2. The topological polar surface area (TPSA) is 110 Å². The fraction of sp³-hybridized carbons (Fsp3) is 0.125. The van der Waals surface area contributed by atoms with Gasteiger partial charge in [-0.15, -0.1) is 11.3 Å². The van der Waals surface area contributed by atoms with Gasteiger partial charge in [-0.05, 0) is 12.1 Å². The van der Waals surface area contributed by atoms with Crippen LogP contribution in [0.4, 0.5) is 19.0 Å². The average molecular weight is 443 g/mol. The number of alkyl halides is 3. The first-order valence-electron chi connectivity index (χ1n) is 7.77. The molecule has 3 aromatic heterocycles. The van der Waals surface area contributed by atoms with Gasteiger partial charge in [0.2, 0.25) is 0 Å². The van der Waals surface area contributed by atoms with Crippen LogP contribution < -0.4 is 10.6 Å². The highest BCUT2D eigenvalue weighted by Crippen LogP contribution is 2.35. The van der Waals surface area contributed by atoms with Crippen molar-refractivity contribution in [1.29, 1.82) is 0 Å². The standard InChI is InChI=1S/C16H10ClF3N6O2S/c17-9-4-22-12(3-8(9)16(18,19)20)26-15(28)11-5-23-13(29-11)6-24-14(27)10-1-2-21-7-25-10/h1-5,7H,6H2,(H,24,27)(H,22,26,28). The molecule has 29 heavy (non-hydrogen) atoms. The summed E-state index contributed by atoms with van der Waals surface area (Å²) >= 11 is 6.46. The molecule has 0 bridgehead atoms. The molecular weight excluding hydrogens is 433 g/mol. The molecular formula is C16H10ClF3N6O2S. The van der Waals surface area contributed by atoms with Crippen LogP contribution in [0.25, 0.3) is 0 Å². The first-order chi connectivity index (χ1) is 13.7. The van der Waals surface area contributed by atoms with Crippen LogP contribution in [0.2, 0.25) is 5.02 Å². The van der Waals surface area contributed by atoms with Gasteiger partial charge in [-0.3, -0.25) is 9.59 Å². The number of carbonyl (C=O) groups is 2. The Balaban J connectivity index is 1.63. The Morgan fingerprint density at radius 2 is 1.93 bits per heavy atom. The van der Waals surface area contributed by atoms with E-state index in [1.165, 1.54) is 24.8 Å². The van der Waals surface area contributed by atoms with Crippen LogP contribution in [0.15, 0.2) is 37.1 Å². The number of pyridine rings is 1. The van der Waals surface area contributed by atoms with E-state index in [0.717, 1.165) is 17.5 Å². The predicted octanol–water partition coefficient (Wildman–Crippen LogP) is 3.18. The summed E-state index contributed by atoms with van der Waals surface area (Å²) in [4.78, 5) is 39.5. The molecule has 0 spiro atoms. The van der Waals surface area contributed by atoms with E-state index in [1.807, 2.05) is 0 Å². The van der Waals surface area contributed by atoms with Crippen molar-refractivity contribution < 1.29 is 22.8 Å². The second-order valence-corrected chi connectivity index (χ2v) is 6.92. The number of rotatable bonds is 5. The maximum atomic E-state index is 12.9. The fourth-order valence-electron chi connectivity index (χ4n) is 2.07. The minimum atomic E-state index is -4.68. The van der Waals surface area contributed by atoms with Gasteiger partial charge in [-0.2, -0.15) is 13.2 Å². The maximum Gasteiger partial charge on any atom is 0.418 e. The van der Waals surface area contributed by atoms with Gasteiger partial charge in [-0.25, -0.2) is 19.9 Å².